The van der Waals surface area contributed by atoms with Gasteiger partial charge < -0.3 is 30.4 Å². The first kappa shape index (κ1) is 43.2. The molecule has 3 N–H and O–H groups in total. The summed E-state index contributed by atoms with van der Waals surface area (Å²) in [6.45, 7) is 31.1. The highest BCUT2D eigenvalue weighted by molar-refractivity contribution is 5.88. The first-order valence-electron chi connectivity index (χ1n) is 18.0. The summed E-state index contributed by atoms with van der Waals surface area (Å²) in [5.74, 6) is -1.00. The van der Waals surface area contributed by atoms with Crippen molar-refractivity contribution in [1.29, 1.82) is 0 Å². The number of hydrogen-bond donors (Lipinski definition) is 3. The van der Waals surface area contributed by atoms with Gasteiger partial charge in [-0.25, -0.2) is 4.79 Å². The van der Waals surface area contributed by atoms with Crippen LogP contribution in [0.1, 0.15) is 88.5 Å². The number of nitrogens with zero attached hydrogens (tertiary/aromatic N) is 5. The third-order valence-electron chi connectivity index (χ3n) is 9.60. The number of rotatable bonds is 28. The van der Waals surface area contributed by atoms with Gasteiger partial charge in [-0.3, -0.25) is 19.4 Å². The summed E-state index contributed by atoms with van der Waals surface area (Å²) in [5, 5.41) is 15.7. The summed E-state index contributed by atoms with van der Waals surface area (Å²) in [6, 6.07) is -2.12. The van der Waals surface area contributed by atoms with Crippen molar-refractivity contribution in [3.05, 3.63) is 0 Å². The van der Waals surface area contributed by atoms with E-state index < -0.39 is 24.1 Å². The molecule has 0 bridgehead atoms. The molecule has 0 fully saturated rings. The van der Waals surface area contributed by atoms with Gasteiger partial charge in [0.2, 0.25) is 11.8 Å². The molecule has 2 amide bonds. The number of hydrogen-bond acceptors (Lipinski definition) is 8. The van der Waals surface area contributed by atoms with E-state index in [0.717, 1.165) is 65.1 Å². The maximum Gasteiger partial charge on any atom is 0.328 e. The fourth-order valence-corrected chi connectivity index (χ4v) is 5.98. The van der Waals surface area contributed by atoms with Gasteiger partial charge in [-0.05, 0) is 71.2 Å². The van der Waals surface area contributed by atoms with Gasteiger partial charge in [-0.2, -0.15) is 0 Å². The molecule has 0 aliphatic carbocycles. The molecular weight excluding hydrogens is 570 g/mol. The lowest BCUT2D eigenvalue weighted by atomic mass is 9.99. The zero-order valence-electron chi connectivity index (χ0n) is 30.7. The fourth-order valence-electron chi connectivity index (χ4n) is 5.98. The number of carbonyl (C=O) groups is 3. The van der Waals surface area contributed by atoms with Gasteiger partial charge in [0.1, 0.15) is 18.1 Å². The number of aliphatic carboxylic acids is 1. The van der Waals surface area contributed by atoms with Crippen molar-refractivity contribution in [2.75, 3.05) is 91.6 Å². The standard InChI is InChI=1S/C34H71N7O4/c1-11-28(12-2)21-22-38(15-5)26-30(40(17-7)18-8)32(42)35-25-29(34(44)45)36-33(43)31(41(19-9)20-10)27-39(16-6)24-23-37(13-3)14-4/h28-31H,11-27H2,1-10H3,(H,35,42)(H,36,43)(H,44,45)/t29-,30?,31+/m1/s1. The van der Waals surface area contributed by atoms with Crippen molar-refractivity contribution in [3.63, 3.8) is 0 Å². The Balaban J connectivity index is 5.71. The highest BCUT2D eigenvalue weighted by Crippen LogP contribution is 2.14. The number of amides is 2. The van der Waals surface area contributed by atoms with Gasteiger partial charge in [-0.1, -0.05) is 82.1 Å². The van der Waals surface area contributed by atoms with E-state index >= 15 is 0 Å². The molecule has 0 aromatic heterocycles. The Labute approximate surface area is 276 Å². The van der Waals surface area contributed by atoms with Gasteiger partial charge in [0.15, 0.2) is 0 Å². The first-order chi connectivity index (χ1) is 21.5. The molecule has 0 aliphatic heterocycles. The van der Waals surface area contributed by atoms with Crippen LogP contribution < -0.4 is 10.6 Å². The molecule has 0 spiro atoms. The smallest absolute Gasteiger partial charge is 0.328 e. The van der Waals surface area contributed by atoms with Crippen molar-refractivity contribution >= 4 is 17.8 Å². The number of carbonyl (C=O) groups excluding carboxylic acids is 2. The van der Waals surface area contributed by atoms with Crippen LogP contribution in [0.15, 0.2) is 0 Å². The predicted molar refractivity (Wildman–Crippen MR) is 187 cm³/mol. The highest BCUT2D eigenvalue weighted by atomic mass is 16.4. The maximum absolute atomic E-state index is 13.7. The summed E-state index contributed by atoms with van der Waals surface area (Å²) >= 11 is 0. The molecule has 0 aromatic rings. The Morgan fingerprint density at radius 2 is 1.00 bits per heavy atom. The van der Waals surface area contributed by atoms with E-state index in [1.54, 1.807) is 0 Å². The van der Waals surface area contributed by atoms with Crippen LogP contribution in [0.5, 0.6) is 0 Å². The SMILES string of the molecule is CCC(CC)CCN(CC)CC(C(=O)NC[C@@H](NC(=O)[C@H](CN(CC)CCN(CC)CC)N(CC)CC)C(=O)O)N(CC)CC. The number of carboxylic acid groups (broad SMARTS) is 1. The molecule has 0 saturated heterocycles. The summed E-state index contributed by atoms with van der Waals surface area (Å²) in [6.07, 6.45) is 3.40. The lowest BCUT2D eigenvalue weighted by molar-refractivity contribution is -0.143. The lowest BCUT2D eigenvalue weighted by Gasteiger charge is -2.35. The van der Waals surface area contributed by atoms with Crippen molar-refractivity contribution in [3.8, 4) is 0 Å². The van der Waals surface area contributed by atoms with Crippen LogP contribution >= 0.6 is 0 Å². The van der Waals surface area contributed by atoms with Crippen LogP contribution in [0.3, 0.4) is 0 Å². The average Bonchev–Trinajstić information content (AvgIpc) is 3.05. The van der Waals surface area contributed by atoms with Crippen LogP contribution in [0.4, 0.5) is 0 Å². The minimum Gasteiger partial charge on any atom is -0.480 e. The van der Waals surface area contributed by atoms with Gasteiger partial charge in [0.25, 0.3) is 0 Å². The highest BCUT2D eigenvalue weighted by Gasteiger charge is 2.32. The molecule has 11 nitrogen and oxygen atoms in total. The van der Waals surface area contributed by atoms with Crippen molar-refractivity contribution in [2.24, 2.45) is 5.92 Å². The minimum atomic E-state index is -1.22. The second kappa shape index (κ2) is 25.3. The number of carboxylic acids is 1. The minimum absolute atomic E-state index is 0.165. The number of nitrogens with one attached hydrogen (secondary N) is 2. The average molecular weight is 642 g/mol. The van der Waals surface area contributed by atoms with E-state index in [9.17, 15) is 19.5 Å². The maximum atomic E-state index is 13.7. The molecule has 266 valence electrons. The summed E-state index contributed by atoms with van der Waals surface area (Å²) in [5.41, 5.74) is 0. The molecule has 0 aliphatic rings. The van der Waals surface area contributed by atoms with Gasteiger partial charge in [-0.15, -0.1) is 0 Å². The molecule has 0 radical (unpaired) electrons. The van der Waals surface area contributed by atoms with Crippen LogP contribution in [0.25, 0.3) is 0 Å². The Morgan fingerprint density at radius 3 is 1.40 bits per heavy atom. The molecule has 0 saturated carbocycles. The van der Waals surface area contributed by atoms with E-state index in [1.807, 2.05) is 27.7 Å². The van der Waals surface area contributed by atoms with E-state index in [4.69, 9.17) is 0 Å². The fraction of sp³-hybridized carbons (Fsp3) is 0.912. The molecule has 3 atom stereocenters. The monoisotopic (exact) mass is 642 g/mol. The molecule has 0 aromatic carbocycles. The Kier molecular flexibility index (Phi) is 24.3. The third kappa shape index (κ3) is 16.0. The molecule has 1 unspecified atom stereocenters. The Morgan fingerprint density at radius 1 is 0.578 bits per heavy atom. The zero-order valence-corrected chi connectivity index (χ0v) is 30.7. The molecule has 0 rings (SSSR count). The second-order valence-electron chi connectivity index (χ2n) is 11.9. The second-order valence-corrected chi connectivity index (χ2v) is 11.9. The molecular formula is C34H71N7O4. The third-order valence-corrected chi connectivity index (χ3v) is 9.60. The van der Waals surface area contributed by atoms with Gasteiger partial charge in [0, 0.05) is 32.7 Å². The number of likely N-dealkylation sites (N-methyl/N-ethyl adjacent to an activating group) is 5. The lowest BCUT2D eigenvalue weighted by Crippen LogP contribution is -2.59. The Hall–Kier alpha value is -1.79. The predicted octanol–water partition coefficient (Wildman–Crippen LogP) is 2.90. The summed E-state index contributed by atoms with van der Waals surface area (Å²) in [4.78, 5) is 50.8. The van der Waals surface area contributed by atoms with E-state index in [-0.39, 0.29) is 18.4 Å². The normalized spacial score (nSPS) is 14.1. The van der Waals surface area contributed by atoms with Crippen LogP contribution in [-0.2, 0) is 14.4 Å². The van der Waals surface area contributed by atoms with Crippen molar-refractivity contribution < 1.29 is 19.5 Å². The van der Waals surface area contributed by atoms with E-state index in [1.165, 1.54) is 0 Å². The molecule has 45 heavy (non-hydrogen) atoms. The summed E-state index contributed by atoms with van der Waals surface area (Å²) < 4.78 is 0. The zero-order chi connectivity index (χ0) is 34.4. The first-order valence-corrected chi connectivity index (χ1v) is 18.0. The van der Waals surface area contributed by atoms with E-state index in [2.05, 4.69) is 76.7 Å². The van der Waals surface area contributed by atoms with Crippen LogP contribution in [-0.4, -0.2) is 157 Å². The van der Waals surface area contributed by atoms with Gasteiger partial charge in [0.05, 0.1) is 0 Å². The Bertz CT molecular complexity index is 787. The van der Waals surface area contributed by atoms with Crippen molar-refractivity contribution in [1.82, 2.24) is 35.1 Å². The van der Waals surface area contributed by atoms with Crippen LogP contribution in [0, 0.1) is 5.92 Å². The largest absolute Gasteiger partial charge is 0.480 e. The molecule has 11 heteroatoms. The van der Waals surface area contributed by atoms with Crippen molar-refractivity contribution in [2.45, 2.75) is 107 Å². The van der Waals surface area contributed by atoms with E-state index in [0.29, 0.717) is 45.2 Å². The quantitative estimate of drug-likeness (QED) is 0.119. The summed E-state index contributed by atoms with van der Waals surface area (Å²) in [7, 11) is 0. The topological polar surface area (TPSA) is 112 Å². The van der Waals surface area contributed by atoms with Crippen LogP contribution in [0.2, 0.25) is 0 Å². The van der Waals surface area contributed by atoms with Gasteiger partial charge >= 0.3 is 5.97 Å². The molecule has 0 heterocycles.